The fraction of sp³-hybridized carbons (Fsp3) is 0.250. The summed E-state index contributed by atoms with van der Waals surface area (Å²) in [6.07, 6.45) is 0. The maximum atomic E-state index is 9.24. The van der Waals surface area contributed by atoms with E-state index < -0.39 is 0 Å². The zero-order valence-electron chi connectivity index (χ0n) is 10.7. The molecule has 2 N–H and O–H groups in total. The Labute approximate surface area is 112 Å². The molecule has 3 rings (SSSR count). The first kappa shape index (κ1) is 12.1. The average molecular weight is 255 g/mol. The topological polar surface area (TPSA) is 41.5 Å². The number of rotatable bonds is 3. The lowest BCUT2D eigenvalue weighted by atomic mass is 9.91. The van der Waals surface area contributed by atoms with Crippen molar-refractivity contribution in [2.24, 2.45) is 0 Å². The second-order valence-electron chi connectivity index (χ2n) is 4.83. The summed E-state index contributed by atoms with van der Waals surface area (Å²) < 4.78 is 5.81. The van der Waals surface area contributed by atoms with E-state index in [1.165, 1.54) is 11.1 Å². The molecule has 0 aromatic heterocycles. The highest BCUT2D eigenvalue weighted by Crippen LogP contribution is 2.25. The van der Waals surface area contributed by atoms with Crippen LogP contribution >= 0.6 is 0 Å². The van der Waals surface area contributed by atoms with Crippen molar-refractivity contribution in [3.8, 4) is 11.5 Å². The van der Waals surface area contributed by atoms with Crippen LogP contribution in [-0.2, 0) is 6.54 Å². The molecule has 3 nitrogen and oxygen atoms in total. The van der Waals surface area contributed by atoms with E-state index in [2.05, 4.69) is 29.6 Å². The van der Waals surface area contributed by atoms with Crippen molar-refractivity contribution in [3.05, 3.63) is 59.7 Å². The molecule has 0 amide bonds. The van der Waals surface area contributed by atoms with Crippen molar-refractivity contribution in [1.29, 1.82) is 0 Å². The Morgan fingerprint density at radius 1 is 1.11 bits per heavy atom. The van der Waals surface area contributed by atoms with Crippen LogP contribution in [0.1, 0.15) is 17.0 Å². The number of ether oxygens (including phenoxy) is 1. The third kappa shape index (κ3) is 2.71. The number of hydrogen-bond donors (Lipinski definition) is 2. The van der Waals surface area contributed by atoms with Gasteiger partial charge in [0.15, 0.2) is 0 Å². The fourth-order valence-electron chi connectivity index (χ4n) is 2.47. The van der Waals surface area contributed by atoms with Gasteiger partial charge in [-0.05, 0) is 35.4 Å². The molecule has 2 aromatic rings. The van der Waals surface area contributed by atoms with Gasteiger partial charge in [-0.15, -0.1) is 0 Å². The van der Waals surface area contributed by atoms with Crippen molar-refractivity contribution in [1.82, 2.24) is 5.32 Å². The number of phenolic OH excluding ortho intramolecular Hbond substituents is 1. The summed E-state index contributed by atoms with van der Waals surface area (Å²) in [4.78, 5) is 0. The highest BCUT2D eigenvalue weighted by atomic mass is 16.5. The van der Waals surface area contributed by atoms with Crippen molar-refractivity contribution in [2.45, 2.75) is 12.5 Å². The first-order valence-electron chi connectivity index (χ1n) is 6.53. The third-order valence-electron chi connectivity index (χ3n) is 3.49. The monoisotopic (exact) mass is 255 g/mol. The Bertz CT molecular complexity index is 551. The molecule has 1 atom stereocenters. The Morgan fingerprint density at radius 2 is 1.89 bits per heavy atom. The quantitative estimate of drug-likeness (QED) is 0.886. The summed E-state index contributed by atoms with van der Waals surface area (Å²) in [5.74, 6) is 1.43. The minimum atomic E-state index is 0.261. The first-order valence-corrected chi connectivity index (χ1v) is 6.53. The molecule has 1 aliphatic heterocycles. The molecule has 0 radical (unpaired) electrons. The van der Waals surface area contributed by atoms with E-state index in [0.717, 1.165) is 18.8 Å². The zero-order chi connectivity index (χ0) is 13.1. The van der Waals surface area contributed by atoms with Crippen molar-refractivity contribution >= 4 is 0 Å². The molecular weight excluding hydrogens is 238 g/mol. The molecule has 0 bridgehead atoms. The Hall–Kier alpha value is -2.00. The number of nitrogens with one attached hydrogen (secondary N) is 1. The molecular formula is C16H17NO2. The van der Waals surface area contributed by atoms with Gasteiger partial charge in [0, 0.05) is 19.0 Å². The Morgan fingerprint density at radius 3 is 2.74 bits per heavy atom. The van der Waals surface area contributed by atoms with Gasteiger partial charge < -0.3 is 15.2 Å². The summed E-state index contributed by atoms with van der Waals surface area (Å²) in [6.45, 7) is 2.52. The van der Waals surface area contributed by atoms with Crippen LogP contribution in [0.4, 0.5) is 0 Å². The Kier molecular flexibility index (Phi) is 3.38. The van der Waals surface area contributed by atoms with E-state index in [1.807, 2.05) is 0 Å². The normalized spacial score (nSPS) is 17.8. The van der Waals surface area contributed by atoms with Crippen LogP contribution in [0.3, 0.4) is 0 Å². The molecule has 0 saturated heterocycles. The molecule has 1 heterocycles. The second kappa shape index (κ2) is 5.33. The van der Waals surface area contributed by atoms with Gasteiger partial charge in [0.1, 0.15) is 11.5 Å². The van der Waals surface area contributed by atoms with Crippen molar-refractivity contribution < 1.29 is 9.84 Å². The highest BCUT2D eigenvalue weighted by Gasteiger charge is 2.19. The number of phenols is 1. The van der Waals surface area contributed by atoms with E-state index in [0.29, 0.717) is 12.5 Å². The molecule has 0 spiro atoms. The van der Waals surface area contributed by atoms with Crippen LogP contribution in [0.25, 0.3) is 0 Å². The second-order valence-corrected chi connectivity index (χ2v) is 4.83. The average Bonchev–Trinajstić information content (AvgIpc) is 2.47. The third-order valence-corrected chi connectivity index (χ3v) is 3.49. The highest BCUT2D eigenvalue weighted by molar-refractivity contribution is 5.34. The summed E-state index contributed by atoms with van der Waals surface area (Å²) in [5.41, 5.74) is 2.73. The minimum absolute atomic E-state index is 0.261. The van der Waals surface area contributed by atoms with E-state index in [-0.39, 0.29) is 5.75 Å². The van der Waals surface area contributed by atoms with Gasteiger partial charge in [0.05, 0.1) is 6.61 Å². The number of fused-ring (bicyclic) bond motifs is 1. The summed E-state index contributed by atoms with van der Waals surface area (Å²) >= 11 is 0. The minimum Gasteiger partial charge on any atom is -0.508 e. The molecule has 3 heteroatoms. The van der Waals surface area contributed by atoms with Gasteiger partial charge in [-0.3, -0.25) is 0 Å². The lowest BCUT2D eigenvalue weighted by Crippen LogP contribution is -2.31. The fourth-order valence-corrected chi connectivity index (χ4v) is 2.47. The van der Waals surface area contributed by atoms with Crippen molar-refractivity contribution in [3.63, 3.8) is 0 Å². The summed E-state index contributed by atoms with van der Waals surface area (Å²) in [5, 5.41) is 12.7. The van der Waals surface area contributed by atoms with E-state index in [4.69, 9.17) is 4.74 Å². The van der Waals surface area contributed by atoms with Crippen molar-refractivity contribution in [2.75, 3.05) is 13.2 Å². The van der Waals surface area contributed by atoms with Crippen LogP contribution in [0, 0.1) is 0 Å². The molecule has 1 unspecified atom stereocenters. The van der Waals surface area contributed by atoms with Gasteiger partial charge in [0.25, 0.3) is 0 Å². The van der Waals surface area contributed by atoms with E-state index in [9.17, 15) is 5.11 Å². The maximum Gasteiger partial charge on any atom is 0.119 e. The maximum absolute atomic E-state index is 9.24. The van der Waals surface area contributed by atoms with Crippen LogP contribution < -0.4 is 10.1 Å². The lowest BCUT2D eigenvalue weighted by molar-refractivity contribution is 0.277. The number of hydrogen-bond acceptors (Lipinski definition) is 3. The molecule has 19 heavy (non-hydrogen) atoms. The van der Waals surface area contributed by atoms with E-state index >= 15 is 0 Å². The smallest absolute Gasteiger partial charge is 0.119 e. The standard InChI is InChI=1S/C16H17NO2/c18-14-5-7-15(8-6-14)19-11-13-10-17-9-12-3-1-2-4-16(12)13/h1-8,13,17-18H,9-11H2. The zero-order valence-corrected chi connectivity index (χ0v) is 10.7. The van der Waals surface area contributed by atoms with Crippen LogP contribution in [0.2, 0.25) is 0 Å². The van der Waals surface area contributed by atoms with Gasteiger partial charge in [-0.2, -0.15) is 0 Å². The van der Waals surface area contributed by atoms with Gasteiger partial charge in [-0.25, -0.2) is 0 Å². The number of benzene rings is 2. The van der Waals surface area contributed by atoms with Gasteiger partial charge >= 0.3 is 0 Å². The Balaban J connectivity index is 1.69. The predicted octanol–water partition coefficient (Wildman–Crippen LogP) is 2.66. The molecule has 0 saturated carbocycles. The van der Waals surface area contributed by atoms with Crippen LogP contribution in [0.15, 0.2) is 48.5 Å². The van der Waals surface area contributed by atoms with E-state index in [1.54, 1.807) is 24.3 Å². The molecule has 1 aliphatic rings. The summed E-state index contributed by atoms with van der Waals surface area (Å²) in [7, 11) is 0. The van der Waals surface area contributed by atoms with Gasteiger partial charge in [-0.1, -0.05) is 24.3 Å². The lowest BCUT2D eigenvalue weighted by Gasteiger charge is -2.26. The first-order chi connectivity index (χ1) is 9.33. The SMILES string of the molecule is Oc1ccc(OCC2CNCc3ccccc32)cc1. The molecule has 0 fully saturated rings. The molecule has 2 aromatic carbocycles. The summed E-state index contributed by atoms with van der Waals surface area (Å²) in [6, 6.07) is 15.4. The molecule has 98 valence electrons. The van der Waals surface area contributed by atoms with Gasteiger partial charge in [0.2, 0.25) is 0 Å². The molecule has 0 aliphatic carbocycles. The van der Waals surface area contributed by atoms with Crippen LogP contribution in [0.5, 0.6) is 11.5 Å². The number of aromatic hydroxyl groups is 1. The predicted molar refractivity (Wildman–Crippen MR) is 74.5 cm³/mol. The largest absolute Gasteiger partial charge is 0.508 e. The van der Waals surface area contributed by atoms with Crippen LogP contribution in [-0.4, -0.2) is 18.3 Å².